The number of rotatable bonds is 8. The second-order valence-electron chi connectivity index (χ2n) is 5.73. The molecule has 1 aromatic rings. The summed E-state index contributed by atoms with van der Waals surface area (Å²) in [5.41, 5.74) is 2.16. The molecule has 0 radical (unpaired) electrons. The van der Waals surface area contributed by atoms with Crippen molar-refractivity contribution in [2.75, 3.05) is 19.9 Å². The van der Waals surface area contributed by atoms with Crippen LogP contribution in [0.4, 0.5) is 0 Å². The van der Waals surface area contributed by atoms with Gasteiger partial charge in [0.15, 0.2) is 11.5 Å². The number of ether oxygens (including phenoxy) is 3. The first kappa shape index (κ1) is 15.7. The second-order valence-corrected chi connectivity index (χ2v) is 5.73. The number of benzene rings is 1. The largest absolute Gasteiger partial charge is 0.489 e. The van der Waals surface area contributed by atoms with Crippen LogP contribution in [0.1, 0.15) is 32.8 Å². The van der Waals surface area contributed by atoms with Gasteiger partial charge in [-0.05, 0) is 30.5 Å². The summed E-state index contributed by atoms with van der Waals surface area (Å²) in [4.78, 5) is 0. The Kier molecular flexibility index (Phi) is 5.51. The fourth-order valence-corrected chi connectivity index (χ4v) is 2.02. The second kappa shape index (κ2) is 7.36. The Bertz CT molecular complexity index is 497. The molecule has 0 fully saturated rings. The van der Waals surface area contributed by atoms with E-state index >= 15 is 0 Å². The van der Waals surface area contributed by atoms with E-state index < -0.39 is 0 Å². The molecule has 1 heterocycles. The van der Waals surface area contributed by atoms with Crippen molar-refractivity contribution in [1.29, 1.82) is 0 Å². The summed E-state index contributed by atoms with van der Waals surface area (Å²) < 4.78 is 16.8. The minimum Gasteiger partial charge on any atom is -0.489 e. The minimum atomic E-state index is 0.277. The summed E-state index contributed by atoms with van der Waals surface area (Å²) in [5, 5.41) is 3.44. The standard InChI is InChI=1S/C17H25NO3/c1-5-13(4)10-19-15-7-17-16(20-11-21-17)6-14(15)9-18-8-12(2)3/h6-7,12,18H,4-5,8-11H2,1-3H3. The molecule has 0 atom stereocenters. The molecule has 4 heteroatoms. The van der Waals surface area contributed by atoms with E-state index in [1.165, 1.54) is 0 Å². The van der Waals surface area contributed by atoms with Crippen LogP contribution in [0.15, 0.2) is 24.3 Å². The lowest BCUT2D eigenvalue weighted by molar-refractivity contribution is 0.173. The normalized spacial score (nSPS) is 12.8. The third kappa shape index (κ3) is 4.39. The molecule has 0 saturated heterocycles. The molecule has 1 N–H and O–H groups in total. The molecule has 0 aliphatic carbocycles. The van der Waals surface area contributed by atoms with Crippen LogP contribution in [-0.2, 0) is 6.54 Å². The molecule has 1 aromatic carbocycles. The van der Waals surface area contributed by atoms with Crippen LogP contribution in [0, 0.1) is 5.92 Å². The average molecular weight is 291 g/mol. The summed E-state index contributed by atoms with van der Waals surface area (Å²) in [5.74, 6) is 2.99. The zero-order valence-electron chi connectivity index (χ0n) is 13.2. The fraction of sp³-hybridized carbons (Fsp3) is 0.529. The molecule has 2 rings (SSSR count). The monoisotopic (exact) mass is 291 g/mol. The predicted molar refractivity (Wildman–Crippen MR) is 84.0 cm³/mol. The predicted octanol–water partition coefficient (Wildman–Crippen LogP) is 3.51. The van der Waals surface area contributed by atoms with Crippen LogP contribution in [-0.4, -0.2) is 19.9 Å². The van der Waals surface area contributed by atoms with Gasteiger partial charge in [0.1, 0.15) is 12.4 Å². The van der Waals surface area contributed by atoms with E-state index in [9.17, 15) is 0 Å². The molecular formula is C17H25NO3. The van der Waals surface area contributed by atoms with Gasteiger partial charge in [-0.3, -0.25) is 0 Å². The van der Waals surface area contributed by atoms with Gasteiger partial charge in [0.05, 0.1) is 0 Å². The highest BCUT2D eigenvalue weighted by Gasteiger charge is 2.18. The van der Waals surface area contributed by atoms with Gasteiger partial charge < -0.3 is 19.5 Å². The lowest BCUT2D eigenvalue weighted by atomic mass is 10.1. The van der Waals surface area contributed by atoms with Crippen molar-refractivity contribution >= 4 is 0 Å². The lowest BCUT2D eigenvalue weighted by Crippen LogP contribution is -2.19. The van der Waals surface area contributed by atoms with Gasteiger partial charge in [-0.2, -0.15) is 0 Å². The van der Waals surface area contributed by atoms with Crippen LogP contribution in [0.2, 0.25) is 0 Å². The third-order valence-electron chi connectivity index (χ3n) is 3.36. The Morgan fingerprint density at radius 3 is 2.71 bits per heavy atom. The molecule has 1 aliphatic rings. The van der Waals surface area contributed by atoms with Gasteiger partial charge in [0.2, 0.25) is 6.79 Å². The van der Waals surface area contributed by atoms with Crippen molar-refractivity contribution in [3.05, 3.63) is 29.8 Å². The molecule has 4 nitrogen and oxygen atoms in total. The Hall–Kier alpha value is -1.68. The van der Waals surface area contributed by atoms with E-state index in [1.807, 2.05) is 12.1 Å². The van der Waals surface area contributed by atoms with Gasteiger partial charge >= 0.3 is 0 Å². The maximum atomic E-state index is 5.90. The van der Waals surface area contributed by atoms with E-state index in [1.54, 1.807) is 0 Å². The van der Waals surface area contributed by atoms with Crippen molar-refractivity contribution in [1.82, 2.24) is 5.32 Å². The highest BCUT2D eigenvalue weighted by atomic mass is 16.7. The first-order chi connectivity index (χ1) is 10.1. The van der Waals surface area contributed by atoms with Crippen molar-refractivity contribution in [3.8, 4) is 17.2 Å². The molecule has 0 bridgehead atoms. The van der Waals surface area contributed by atoms with Gasteiger partial charge in [-0.25, -0.2) is 0 Å². The van der Waals surface area contributed by atoms with Crippen molar-refractivity contribution in [2.45, 2.75) is 33.7 Å². The summed E-state index contributed by atoms with van der Waals surface area (Å²) in [6.45, 7) is 13.0. The fourth-order valence-electron chi connectivity index (χ4n) is 2.02. The maximum absolute atomic E-state index is 5.90. The Balaban J connectivity index is 2.09. The SMILES string of the molecule is C=C(CC)COc1cc2c(cc1CNCC(C)C)OCO2. The summed E-state index contributed by atoms with van der Waals surface area (Å²) in [6, 6.07) is 3.91. The minimum absolute atomic E-state index is 0.277. The Morgan fingerprint density at radius 1 is 1.33 bits per heavy atom. The van der Waals surface area contributed by atoms with Crippen molar-refractivity contribution < 1.29 is 14.2 Å². The zero-order valence-corrected chi connectivity index (χ0v) is 13.2. The summed E-state index contributed by atoms with van der Waals surface area (Å²) in [7, 11) is 0. The topological polar surface area (TPSA) is 39.7 Å². The molecule has 0 aromatic heterocycles. The highest BCUT2D eigenvalue weighted by Crippen LogP contribution is 2.38. The van der Waals surface area contributed by atoms with Gasteiger partial charge in [-0.15, -0.1) is 0 Å². The molecule has 0 amide bonds. The van der Waals surface area contributed by atoms with E-state index in [2.05, 4.69) is 32.7 Å². The van der Waals surface area contributed by atoms with Gasteiger partial charge in [-0.1, -0.05) is 27.4 Å². The molecular weight excluding hydrogens is 266 g/mol. The van der Waals surface area contributed by atoms with Crippen LogP contribution >= 0.6 is 0 Å². The van der Waals surface area contributed by atoms with E-state index in [-0.39, 0.29) is 6.79 Å². The first-order valence-corrected chi connectivity index (χ1v) is 7.52. The number of nitrogens with one attached hydrogen (secondary N) is 1. The third-order valence-corrected chi connectivity index (χ3v) is 3.36. The molecule has 0 unspecified atom stereocenters. The van der Waals surface area contributed by atoms with Crippen molar-refractivity contribution in [2.24, 2.45) is 5.92 Å². The summed E-state index contributed by atoms with van der Waals surface area (Å²) in [6.07, 6.45) is 0.922. The molecule has 0 spiro atoms. The average Bonchev–Trinajstić information content (AvgIpc) is 2.91. The van der Waals surface area contributed by atoms with Crippen LogP contribution in [0.25, 0.3) is 0 Å². The van der Waals surface area contributed by atoms with Crippen LogP contribution in [0.5, 0.6) is 17.2 Å². The smallest absolute Gasteiger partial charge is 0.231 e. The molecule has 21 heavy (non-hydrogen) atoms. The Morgan fingerprint density at radius 2 is 2.05 bits per heavy atom. The van der Waals surface area contributed by atoms with E-state index in [0.29, 0.717) is 12.5 Å². The number of fused-ring (bicyclic) bond motifs is 1. The molecule has 0 saturated carbocycles. The van der Waals surface area contributed by atoms with Gasteiger partial charge in [0.25, 0.3) is 0 Å². The van der Waals surface area contributed by atoms with E-state index in [4.69, 9.17) is 14.2 Å². The zero-order chi connectivity index (χ0) is 15.2. The number of hydrogen-bond acceptors (Lipinski definition) is 4. The van der Waals surface area contributed by atoms with Crippen LogP contribution < -0.4 is 19.5 Å². The van der Waals surface area contributed by atoms with Crippen LogP contribution in [0.3, 0.4) is 0 Å². The molecule has 1 aliphatic heterocycles. The first-order valence-electron chi connectivity index (χ1n) is 7.52. The number of hydrogen-bond donors (Lipinski definition) is 1. The van der Waals surface area contributed by atoms with Crippen molar-refractivity contribution in [3.63, 3.8) is 0 Å². The quantitative estimate of drug-likeness (QED) is 0.744. The maximum Gasteiger partial charge on any atom is 0.231 e. The van der Waals surface area contributed by atoms with E-state index in [0.717, 1.165) is 47.9 Å². The highest BCUT2D eigenvalue weighted by molar-refractivity contribution is 5.51. The van der Waals surface area contributed by atoms with Gasteiger partial charge in [0, 0.05) is 18.2 Å². The summed E-state index contributed by atoms with van der Waals surface area (Å²) >= 11 is 0. The Labute approximate surface area is 127 Å². The molecule has 116 valence electrons. The lowest BCUT2D eigenvalue weighted by Gasteiger charge is -2.14.